The number of carbonyl (C=O) groups is 1. The Morgan fingerprint density at radius 1 is 2.00 bits per heavy atom. The van der Waals surface area contributed by atoms with Crippen molar-refractivity contribution in [3.8, 4) is 0 Å². The molecule has 0 unspecified atom stereocenters. The van der Waals surface area contributed by atoms with Crippen LogP contribution in [0.3, 0.4) is 0 Å². The van der Waals surface area contributed by atoms with Crippen molar-refractivity contribution in [2.75, 3.05) is 13.6 Å². The Morgan fingerprint density at radius 2 is 2.78 bits per heavy atom. The van der Waals surface area contributed by atoms with Crippen LogP contribution in [0.1, 0.15) is 15.7 Å². The van der Waals surface area contributed by atoms with Gasteiger partial charge in [0, 0.05) is 21.9 Å². The highest BCUT2D eigenvalue weighted by molar-refractivity contribution is 5.78. The number of nitrogens with one attached hydrogen (secondary N) is 2. The maximum atomic E-state index is 10.6. The van der Waals surface area contributed by atoms with E-state index in [4.69, 9.17) is 0 Å². The lowest BCUT2D eigenvalue weighted by molar-refractivity contribution is -0.119. The summed E-state index contributed by atoms with van der Waals surface area (Å²) in [5, 5.41) is 5.87. The molecule has 3 nitrogen and oxygen atoms in total. The average Bonchev–Trinajstić information content (AvgIpc) is 2.17. The number of amides is 1. The van der Waals surface area contributed by atoms with Crippen molar-refractivity contribution >= 4 is 5.91 Å². The molecule has 0 aliphatic carbocycles. The Hall–Kier alpha value is -0.570. The fraction of sp³-hybridized carbons (Fsp3) is 0.833. The Bertz CT molecular complexity index is 121. The molecule has 1 atom stereocenters. The van der Waals surface area contributed by atoms with Crippen LogP contribution >= 0.6 is 0 Å². The van der Waals surface area contributed by atoms with Gasteiger partial charge in [-0.1, -0.05) is 0 Å². The van der Waals surface area contributed by atoms with Gasteiger partial charge in [-0.3, -0.25) is 4.79 Å². The lowest BCUT2D eigenvalue weighted by atomic mass is 10.2. The molecule has 0 spiro atoms. The molecule has 1 aliphatic rings. The van der Waals surface area contributed by atoms with Gasteiger partial charge in [0.05, 0.1) is 0 Å². The van der Waals surface area contributed by atoms with E-state index in [0.29, 0.717) is 12.5 Å². The summed E-state index contributed by atoms with van der Waals surface area (Å²) in [6.07, 6.45) is 1.69. The molecule has 0 radical (unpaired) electrons. The number of carbonyl (C=O) groups excluding carboxylic acids is 1. The molecule has 1 amide bonds. The topological polar surface area (TPSA) is 41.1 Å². The maximum absolute atomic E-state index is 10.6. The molecule has 0 aromatic carbocycles. The molecule has 9 heavy (non-hydrogen) atoms. The summed E-state index contributed by atoms with van der Waals surface area (Å²) in [4.78, 5) is 10.6. The molecule has 0 aromatic rings. The lowest BCUT2D eigenvalue weighted by Crippen LogP contribution is -2.33. The monoisotopic (exact) mass is 132 g/mol. The molecule has 2 N–H and O–H groups in total. The Kier molecular flexibility index (Phi) is 2.05. The summed E-state index contributed by atoms with van der Waals surface area (Å²) < 4.78 is 0. The number of likely N-dealkylation sites (N-methyl/N-ethyl adjacent to an activating group) is 1. The van der Waals surface area contributed by atoms with Crippen molar-refractivity contribution in [3.05, 3.63) is 0 Å². The fourth-order valence-electron chi connectivity index (χ4n) is 1.08. The molecule has 56 valence electrons. The lowest BCUT2D eigenvalue weighted by Gasteiger charge is -2.06. The Labute approximate surface area is 57.8 Å². The average molecular weight is 132 g/mol. The van der Waals surface area contributed by atoms with Crippen molar-refractivity contribution in [1.29, 1.82) is 0 Å². The van der Waals surface area contributed by atoms with Crippen molar-refractivity contribution in [2.45, 2.75) is 18.9 Å². The zero-order valence-electron chi connectivity index (χ0n) is 5.61. The highest BCUT2D eigenvalue weighted by atomic mass is 16.1. The van der Waals surface area contributed by atoms with E-state index in [1.54, 1.807) is 0 Å². The molecular weight excluding hydrogens is 116 g/mol. The van der Waals surface area contributed by atoms with Gasteiger partial charge < -0.3 is 10.6 Å². The fourth-order valence-corrected chi connectivity index (χ4v) is 1.08. The zero-order valence-corrected chi connectivity index (χ0v) is 5.61. The standard InChI is InChI=1S/C6H12N2O.2H2/c1-7-4-5-2-3-6(9)8-5;;/h5,7H,2-4H2,1H3,(H,8,9);2*1H/t5-;;/m0../s1. The van der Waals surface area contributed by atoms with Gasteiger partial charge in [0.2, 0.25) is 5.91 Å². The SMILES string of the molecule is CNC[C@@H]1CCC(=O)N1.[HH].[HH]. The second-order valence-corrected chi connectivity index (χ2v) is 2.36. The van der Waals surface area contributed by atoms with Crippen LogP contribution in [-0.2, 0) is 4.79 Å². The first kappa shape index (κ1) is 6.55. The van der Waals surface area contributed by atoms with Crippen LogP contribution in [0, 0.1) is 0 Å². The first-order valence-corrected chi connectivity index (χ1v) is 3.27. The van der Waals surface area contributed by atoms with Crippen LogP contribution in [0.4, 0.5) is 0 Å². The molecule has 3 heteroatoms. The largest absolute Gasteiger partial charge is 0.352 e. The van der Waals surface area contributed by atoms with E-state index < -0.39 is 0 Å². The van der Waals surface area contributed by atoms with Gasteiger partial charge in [0.15, 0.2) is 0 Å². The molecular formula is C6H16N2O. The Balaban J connectivity index is 0. The van der Waals surface area contributed by atoms with Crippen molar-refractivity contribution in [3.63, 3.8) is 0 Å². The van der Waals surface area contributed by atoms with Gasteiger partial charge in [-0.15, -0.1) is 0 Å². The highest BCUT2D eigenvalue weighted by Gasteiger charge is 2.18. The second-order valence-electron chi connectivity index (χ2n) is 2.36. The van der Waals surface area contributed by atoms with E-state index in [-0.39, 0.29) is 8.76 Å². The number of rotatable bonds is 2. The van der Waals surface area contributed by atoms with Crippen LogP contribution in [0.2, 0.25) is 0 Å². The summed E-state index contributed by atoms with van der Waals surface area (Å²) in [5.41, 5.74) is 0. The smallest absolute Gasteiger partial charge is 0.220 e. The van der Waals surface area contributed by atoms with E-state index in [0.717, 1.165) is 13.0 Å². The number of hydrogen-bond donors (Lipinski definition) is 2. The van der Waals surface area contributed by atoms with Crippen LogP contribution in [-0.4, -0.2) is 25.5 Å². The van der Waals surface area contributed by atoms with E-state index in [2.05, 4.69) is 10.6 Å². The van der Waals surface area contributed by atoms with Gasteiger partial charge in [0.1, 0.15) is 0 Å². The van der Waals surface area contributed by atoms with E-state index >= 15 is 0 Å². The molecule has 1 fully saturated rings. The second kappa shape index (κ2) is 2.82. The molecule has 1 heterocycles. The van der Waals surface area contributed by atoms with Gasteiger partial charge >= 0.3 is 0 Å². The molecule has 1 saturated heterocycles. The van der Waals surface area contributed by atoms with Gasteiger partial charge in [0.25, 0.3) is 0 Å². The first-order chi connectivity index (χ1) is 4.33. The van der Waals surface area contributed by atoms with Crippen LogP contribution in [0.15, 0.2) is 0 Å². The zero-order chi connectivity index (χ0) is 6.69. The van der Waals surface area contributed by atoms with E-state index in [1.807, 2.05) is 7.05 Å². The Morgan fingerprint density at radius 3 is 3.22 bits per heavy atom. The molecule has 0 saturated carbocycles. The minimum atomic E-state index is 0. The third-order valence-electron chi connectivity index (χ3n) is 1.54. The van der Waals surface area contributed by atoms with Crippen LogP contribution in [0.25, 0.3) is 0 Å². The summed E-state index contributed by atoms with van der Waals surface area (Å²) in [6, 6.07) is 0.377. The summed E-state index contributed by atoms with van der Waals surface area (Å²) in [6.45, 7) is 0.895. The third-order valence-corrected chi connectivity index (χ3v) is 1.54. The normalized spacial score (nSPS) is 26.3. The minimum Gasteiger partial charge on any atom is -0.352 e. The summed E-state index contributed by atoms with van der Waals surface area (Å²) in [5.74, 6) is 0.190. The van der Waals surface area contributed by atoms with Gasteiger partial charge in [-0.2, -0.15) is 0 Å². The van der Waals surface area contributed by atoms with E-state index in [9.17, 15) is 4.79 Å². The third kappa shape index (κ3) is 1.68. The van der Waals surface area contributed by atoms with Crippen molar-refractivity contribution in [1.82, 2.24) is 10.6 Å². The summed E-state index contributed by atoms with van der Waals surface area (Å²) in [7, 11) is 1.89. The summed E-state index contributed by atoms with van der Waals surface area (Å²) >= 11 is 0. The molecule has 1 rings (SSSR count). The predicted molar refractivity (Wildman–Crippen MR) is 39.3 cm³/mol. The van der Waals surface area contributed by atoms with E-state index in [1.165, 1.54) is 0 Å². The minimum absolute atomic E-state index is 0. The van der Waals surface area contributed by atoms with Gasteiger partial charge in [-0.05, 0) is 13.5 Å². The van der Waals surface area contributed by atoms with Crippen LogP contribution in [0.5, 0.6) is 0 Å². The number of hydrogen-bond acceptors (Lipinski definition) is 2. The van der Waals surface area contributed by atoms with Crippen molar-refractivity contribution in [2.24, 2.45) is 0 Å². The highest BCUT2D eigenvalue weighted by Crippen LogP contribution is 2.04. The first-order valence-electron chi connectivity index (χ1n) is 3.27. The maximum Gasteiger partial charge on any atom is 0.220 e. The molecule has 0 aromatic heterocycles. The molecule has 1 aliphatic heterocycles. The predicted octanol–water partition coefficient (Wildman–Crippen LogP) is -0.0236. The quantitative estimate of drug-likeness (QED) is 0.554. The van der Waals surface area contributed by atoms with Gasteiger partial charge in [-0.25, -0.2) is 0 Å². The molecule has 0 bridgehead atoms. The van der Waals surface area contributed by atoms with Crippen molar-refractivity contribution < 1.29 is 7.65 Å². The van der Waals surface area contributed by atoms with Crippen LogP contribution < -0.4 is 10.6 Å².